The highest BCUT2D eigenvalue weighted by atomic mass is 35.5. The molecule has 0 saturated carbocycles. The highest BCUT2D eigenvalue weighted by Gasteiger charge is 2.24. The Hall–Kier alpha value is -1.58. The molecule has 1 aliphatic heterocycles. The Balaban J connectivity index is 1.92. The molecule has 2 aromatic rings. The van der Waals surface area contributed by atoms with E-state index in [1.54, 1.807) is 12.1 Å². The van der Waals surface area contributed by atoms with E-state index in [1.807, 2.05) is 24.3 Å². The highest BCUT2D eigenvalue weighted by molar-refractivity contribution is 6.39. The number of hydrogen-bond donors (Lipinski definition) is 2. The van der Waals surface area contributed by atoms with E-state index < -0.39 is 0 Å². The van der Waals surface area contributed by atoms with Gasteiger partial charge >= 0.3 is 0 Å². The van der Waals surface area contributed by atoms with Crippen molar-refractivity contribution in [3.05, 3.63) is 52.0 Å². The van der Waals surface area contributed by atoms with Gasteiger partial charge in [-0.3, -0.25) is 0 Å². The fraction of sp³-hybridized carbons (Fsp3) is 0.143. The van der Waals surface area contributed by atoms with Crippen LogP contribution in [0.5, 0.6) is 5.75 Å². The zero-order valence-electron chi connectivity index (χ0n) is 9.99. The maximum atomic E-state index is 6.17. The van der Waals surface area contributed by atoms with Crippen LogP contribution in [0, 0.1) is 0 Å². The van der Waals surface area contributed by atoms with Crippen molar-refractivity contribution in [3.8, 4) is 5.75 Å². The van der Waals surface area contributed by atoms with Crippen LogP contribution >= 0.6 is 23.2 Å². The topological polar surface area (TPSA) is 47.3 Å². The molecule has 2 aromatic carbocycles. The van der Waals surface area contributed by atoms with Gasteiger partial charge in [0, 0.05) is 11.3 Å². The summed E-state index contributed by atoms with van der Waals surface area (Å²) in [4.78, 5) is 0. The number of hydrogen-bond acceptors (Lipinski definition) is 3. The minimum absolute atomic E-state index is 0.0369. The molecule has 1 unspecified atom stereocenters. The Morgan fingerprint density at radius 3 is 2.58 bits per heavy atom. The number of nitrogen functional groups attached to an aromatic ring is 1. The maximum Gasteiger partial charge on any atom is 0.124 e. The predicted octanol–water partition coefficient (Wildman–Crippen LogP) is 4.12. The van der Waals surface area contributed by atoms with E-state index in [9.17, 15) is 0 Å². The van der Waals surface area contributed by atoms with Crippen LogP contribution in [-0.2, 0) is 0 Å². The first kappa shape index (κ1) is 12.5. The van der Waals surface area contributed by atoms with Gasteiger partial charge in [0.2, 0.25) is 0 Å². The smallest absolute Gasteiger partial charge is 0.124 e. The first-order valence-corrected chi connectivity index (χ1v) is 6.63. The minimum Gasteiger partial charge on any atom is -0.491 e. The van der Waals surface area contributed by atoms with Gasteiger partial charge in [-0.2, -0.15) is 0 Å². The SMILES string of the molecule is Nc1cc(Cl)c(NC2COc3ccccc32)c(Cl)c1. The standard InChI is InChI=1S/C14H12Cl2N2O/c15-10-5-8(17)6-11(16)14(10)18-12-7-19-13-4-2-1-3-9(12)13/h1-6,12,18H,7,17H2. The molecule has 98 valence electrons. The maximum absolute atomic E-state index is 6.17. The fourth-order valence-corrected chi connectivity index (χ4v) is 2.80. The Kier molecular flexibility index (Phi) is 3.17. The minimum atomic E-state index is 0.0369. The van der Waals surface area contributed by atoms with Crippen molar-refractivity contribution >= 4 is 34.6 Å². The molecule has 1 heterocycles. The molecule has 1 aliphatic rings. The molecule has 0 fully saturated rings. The Morgan fingerprint density at radius 2 is 1.84 bits per heavy atom. The molecule has 0 aromatic heterocycles. The number of benzene rings is 2. The Morgan fingerprint density at radius 1 is 1.16 bits per heavy atom. The second-order valence-corrected chi connectivity index (χ2v) is 5.22. The molecule has 5 heteroatoms. The molecule has 3 N–H and O–H groups in total. The van der Waals surface area contributed by atoms with Gasteiger partial charge in [0.15, 0.2) is 0 Å². The van der Waals surface area contributed by atoms with E-state index >= 15 is 0 Å². The Bertz CT molecular complexity index is 608. The molecule has 0 bridgehead atoms. The fourth-order valence-electron chi connectivity index (χ4n) is 2.19. The summed E-state index contributed by atoms with van der Waals surface area (Å²) >= 11 is 12.3. The lowest BCUT2D eigenvalue weighted by molar-refractivity contribution is 0.340. The molecule has 19 heavy (non-hydrogen) atoms. The molecular formula is C14H12Cl2N2O. The van der Waals surface area contributed by atoms with Crippen molar-refractivity contribution in [2.24, 2.45) is 0 Å². The van der Waals surface area contributed by atoms with E-state index in [-0.39, 0.29) is 6.04 Å². The first-order chi connectivity index (χ1) is 9.15. The molecule has 3 rings (SSSR count). The largest absolute Gasteiger partial charge is 0.491 e. The molecule has 0 saturated heterocycles. The lowest BCUT2D eigenvalue weighted by atomic mass is 10.1. The van der Waals surface area contributed by atoms with Gasteiger partial charge < -0.3 is 15.8 Å². The zero-order valence-corrected chi connectivity index (χ0v) is 11.5. The number of fused-ring (bicyclic) bond motifs is 1. The van der Waals surface area contributed by atoms with Crippen LogP contribution in [0.4, 0.5) is 11.4 Å². The van der Waals surface area contributed by atoms with Crippen LogP contribution < -0.4 is 15.8 Å². The van der Waals surface area contributed by atoms with Gasteiger partial charge in [-0.1, -0.05) is 41.4 Å². The van der Waals surface area contributed by atoms with Gasteiger partial charge in [0.25, 0.3) is 0 Å². The number of anilines is 2. The van der Waals surface area contributed by atoms with E-state index in [0.29, 0.717) is 28.0 Å². The lowest BCUT2D eigenvalue weighted by Crippen LogP contribution is -2.12. The van der Waals surface area contributed by atoms with Gasteiger partial charge in [0.05, 0.1) is 21.8 Å². The molecule has 0 radical (unpaired) electrons. The molecule has 1 atom stereocenters. The quantitative estimate of drug-likeness (QED) is 0.819. The van der Waals surface area contributed by atoms with E-state index in [1.165, 1.54) is 0 Å². The van der Waals surface area contributed by atoms with E-state index in [4.69, 9.17) is 33.7 Å². The predicted molar refractivity (Wildman–Crippen MR) is 79.2 cm³/mol. The summed E-state index contributed by atoms with van der Waals surface area (Å²) in [5.41, 5.74) is 8.02. The van der Waals surface area contributed by atoms with Crippen LogP contribution in [-0.4, -0.2) is 6.61 Å². The van der Waals surface area contributed by atoms with E-state index in [0.717, 1.165) is 11.3 Å². The number of nitrogens with two attached hydrogens (primary N) is 1. The summed E-state index contributed by atoms with van der Waals surface area (Å²) in [5.74, 6) is 0.891. The molecule has 0 amide bonds. The highest BCUT2D eigenvalue weighted by Crippen LogP contribution is 2.39. The number of ether oxygens (including phenoxy) is 1. The van der Waals surface area contributed by atoms with Crippen LogP contribution in [0.15, 0.2) is 36.4 Å². The van der Waals surface area contributed by atoms with Gasteiger partial charge in [-0.25, -0.2) is 0 Å². The van der Waals surface area contributed by atoms with Crippen molar-refractivity contribution < 1.29 is 4.74 Å². The average Bonchev–Trinajstić information content (AvgIpc) is 2.77. The average molecular weight is 295 g/mol. The third-order valence-corrected chi connectivity index (χ3v) is 3.68. The van der Waals surface area contributed by atoms with Gasteiger partial charge in [-0.15, -0.1) is 0 Å². The molecule has 0 aliphatic carbocycles. The summed E-state index contributed by atoms with van der Waals surface area (Å²) in [7, 11) is 0. The molecule has 3 nitrogen and oxygen atoms in total. The number of rotatable bonds is 2. The number of nitrogens with one attached hydrogen (secondary N) is 1. The van der Waals surface area contributed by atoms with Crippen LogP contribution in [0.2, 0.25) is 10.0 Å². The van der Waals surface area contributed by atoms with Crippen LogP contribution in [0.25, 0.3) is 0 Å². The summed E-state index contributed by atoms with van der Waals surface area (Å²) in [5, 5.41) is 4.33. The van der Waals surface area contributed by atoms with Gasteiger partial charge in [0.1, 0.15) is 12.4 Å². The monoisotopic (exact) mass is 294 g/mol. The second kappa shape index (κ2) is 4.83. The summed E-state index contributed by atoms with van der Waals surface area (Å²) in [6.45, 7) is 0.552. The number of halogens is 2. The third kappa shape index (κ3) is 2.31. The van der Waals surface area contributed by atoms with Crippen LogP contribution in [0.1, 0.15) is 11.6 Å². The zero-order chi connectivity index (χ0) is 13.4. The van der Waals surface area contributed by atoms with Crippen molar-refractivity contribution in [1.29, 1.82) is 0 Å². The summed E-state index contributed by atoms with van der Waals surface area (Å²) < 4.78 is 5.61. The normalized spacial score (nSPS) is 16.8. The lowest BCUT2D eigenvalue weighted by Gasteiger charge is -2.16. The van der Waals surface area contributed by atoms with Crippen molar-refractivity contribution in [3.63, 3.8) is 0 Å². The van der Waals surface area contributed by atoms with Crippen molar-refractivity contribution in [2.75, 3.05) is 17.7 Å². The third-order valence-electron chi connectivity index (χ3n) is 3.08. The van der Waals surface area contributed by atoms with Crippen molar-refractivity contribution in [1.82, 2.24) is 0 Å². The molecular weight excluding hydrogens is 283 g/mol. The molecule has 0 spiro atoms. The van der Waals surface area contributed by atoms with Crippen LogP contribution in [0.3, 0.4) is 0 Å². The van der Waals surface area contributed by atoms with Crippen molar-refractivity contribution in [2.45, 2.75) is 6.04 Å². The second-order valence-electron chi connectivity index (χ2n) is 4.41. The Labute approximate surface area is 121 Å². The first-order valence-electron chi connectivity index (χ1n) is 5.88. The summed E-state index contributed by atoms with van der Waals surface area (Å²) in [6, 6.07) is 11.3. The van der Waals surface area contributed by atoms with Gasteiger partial charge in [-0.05, 0) is 18.2 Å². The number of para-hydroxylation sites is 1. The summed E-state index contributed by atoms with van der Waals surface area (Å²) in [6.07, 6.45) is 0. The van der Waals surface area contributed by atoms with E-state index in [2.05, 4.69) is 5.32 Å².